The molecule has 4 aromatic rings. The molecule has 1 amide bonds. The Balaban J connectivity index is 1.26. The molecule has 11 nitrogen and oxygen atoms in total. The number of Topliss-reactive ketones (excluding diaryl/α,β-unsaturated/α-hetero) is 1. The van der Waals surface area contributed by atoms with E-state index < -0.39 is 29.8 Å². The average Bonchev–Trinajstić information content (AvgIpc) is 3.17. The third-order valence-corrected chi connectivity index (χ3v) is 9.41. The number of benzene rings is 2. The number of esters is 1. The van der Waals surface area contributed by atoms with Gasteiger partial charge in [0.1, 0.15) is 24.5 Å². The van der Waals surface area contributed by atoms with Crippen LogP contribution in [0.1, 0.15) is 64.4 Å². The fraction of sp³-hybridized carbons (Fsp3) is 0.359. The number of methoxy groups -OCH3 is 3. The van der Waals surface area contributed by atoms with Crippen LogP contribution in [0.4, 0.5) is 0 Å². The van der Waals surface area contributed by atoms with Crippen molar-refractivity contribution < 1.29 is 38.1 Å². The lowest BCUT2D eigenvalue weighted by atomic mass is 9.78. The second-order valence-electron chi connectivity index (χ2n) is 12.5. The van der Waals surface area contributed by atoms with E-state index in [4.69, 9.17) is 23.7 Å². The molecule has 0 unspecified atom stereocenters. The van der Waals surface area contributed by atoms with E-state index in [-0.39, 0.29) is 29.5 Å². The molecule has 0 N–H and O–H groups in total. The molecule has 260 valence electrons. The number of aromatic nitrogens is 2. The van der Waals surface area contributed by atoms with E-state index in [9.17, 15) is 14.4 Å². The van der Waals surface area contributed by atoms with Gasteiger partial charge in [0, 0.05) is 42.8 Å². The molecule has 0 spiro atoms. The summed E-state index contributed by atoms with van der Waals surface area (Å²) in [6.07, 6.45) is 10.4. The van der Waals surface area contributed by atoms with Gasteiger partial charge >= 0.3 is 5.97 Å². The van der Waals surface area contributed by atoms with E-state index in [2.05, 4.69) is 9.97 Å². The Morgan fingerprint density at radius 2 is 1.62 bits per heavy atom. The maximum absolute atomic E-state index is 14.2. The third-order valence-electron chi connectivity index (χ3n) is 9.41. The van der Waals surface area contributed by atoms with Gasteiger partial charge in [-0.1, -0.05) is 12.1 Å². The monoisotopic (exact) mass is 679 g/mol. The van der Waals surface area contributed by atoms with E-state index >= 15 is 0 Å². The first-order valence-electron chi connectivity index (χ1n) is 16.8. The fourth-order valence-electron chi connectivity index (χ4n) is 6.83. The van der Waals surface area contributed by atoms with Gasteiger partial charge in [-0.05, 0) is 103 Å². The molecule has 50 heavy (non-hydrogen) atoms. The number of piperidine rings is 1. The van der Waals surface area contributed by atoms with Crippen LogP contribution < -0.4 is 18.9 Å². The molecule has 3 atom stereocenters. The summed E-state index contributed by atoms with van der Waals surface area (Å²) < 4.78 is 28.8. The van der Waals surface area contributed by atoms with Crippen molar-refractivity contribution in [1.29, 1.82) is 0 Å². The van der Waals surface area contributed by atoms with Crippen molar-refractivity contribution in [3.8, 4) is 23.0 Å². The Morgan fingerprint density at radius 1 is 0.840 bits per heavy atom. The molecule has 2 aromatic carbocycles. The number of rotatable bonds is 12. The van der Waals surface area contributed by atoms with Crippen molar-refractivity contribution in [2.45, 2.75) is 57.3 Å². The highest BCUT2D eigenvalue weighted by molar-refractivity contribution is 6.43. The van der Waals surface area contributed by atoms with Gasteiger partial charge in [0.05, 0.1) is 21.3 Å². The van der Waals surface area contributed by atoms with Gasteiger partial charge < -0.3 is 28.6 Å². The number of hydrogen-bond donors (Lipinski definition) is 0. The Labute approximate surface area is 291 Å². The van der Waals surface area contributed by atoms with Gasteiger partial charge in [-0.15, -0.1) is 0 Å². The van der Waals surface area contributed by atoms with E-state index in [0.29, 0.717) is 37.4 Å². The zero-order valence-electron chi connectivity index (χ0n) is 28.5. The highest BCUT2D eigenvalue weighted by Crippen LogP contribution is 2.42. The first-order chi connectivity index (χ1) is 24.4. The highest BCUT2D eigenvalue weighted by Gasteiger charge is 2.40. The number of likely N-dealkylation sites (tertiary alicyclic amines) is 1. The summed E-state index contributed by atoms with van der Waals surface area (Å²) in [6, 6.07) is 15.6. The molecule has 0 radical (unpaired) electrons. The lowest BCUT2D eigenvalue weighted by Crippen LogP contribution is -2.51. The number of fused-ring (bicyclic) bond motifs is 1. The predicted molar refractivity (Wildman–Crippen MR) is 183 cm³/mol. The number of amides is 1. The average molecular weight is 680 g/mol. The van der Waals surface area contributed by atoms with Crippen LogP contribution in [0.2, 0.25) is 0 Å². The smallest absolute Gasteiger partial charge is 0.329 e. The highest BCUT2D eigenvalue weighted by atomic mass is 16.5. The topological polar surface area (TPSA) is 126 Å². The molecule has 11 heteroatoms. The summed E-state index contributed by atoms with van der Waals surface area (Å²) in [5.41, 5.74) is 4.05. The zero-order chi connectivity index (χ0) is 35.0. The standard InChI is InChI=1S/C39H41N3O8/c1-46-33-20-29(21-34(47-2)37(33)48-3)35(43)38(44)42-18-5-4-8-32(42)39(45)50-36-28(19-26-7-6-15-41-23-26)10-9-27-11-12-30(22-31(27)36)49-24-25-13-16-40-17-14-25/h6-7,11-17,20-23,28,32,36H,4-5,8-10,18-19,24H2,1-3H3/t28-,32+,36-/m1/s1. The summed E-state index contributed by atoms with van der Waals surface area (Å²) in [4.78, 5) is 51.4. The summed E-state index contributed by atoms with van der Waals surface area (Å²) in [5.74, 6) is -0.685. The zero-order valence-corrected chi connectivity index (χ0v) is 28.5. The number of ether oxygens (including phenoxy) is 5. The molecule has 0 saturated carbocycles. The van der Waals surface area contributed by atoms with E-state index in [1.807, 2.05) is 48.7 Å². The summed E-state index contributed by atoms with van der Waals surface area (Å²) in [7, 11) is 4.33. The molecule has 1 fully saturated rings. The summed E-state index contributed by atoms with van der Waals surface area (Å²) in [6.45, 7) is 0.617. The molecule has 2 aromatic heterocycles. The van der Waals surface area contributed by atoms with Crippen LogP contribution in [0.5, 0.6) is 23.0 Å². The van der Waals surface area contributed by atoms with Crippen molar-refractivity contribution in [3.05, 3.63) is 107 Å². The first-order valence-corrected chi connectivity index (χ1v) is 16.8. The van der Waals surface area contributed by atoms with Crippen LogP contribution in [0.25, 0.3) is 0 Å². The van der Waals surface area contributed by atoms with Crippen LogP contribution in [-0.2, 0) is 33.8 Å². The van der Waals surface area contributed by atoms with Crippen LogP contribution in [-0.4, -0.2) is 66.4 Å². The van der Waals surface area contributed by atoms with Crippen molar-refractivity contribution >= 4 is 17.7 Å². The van der Waals surface area contributed by atoms with Crippen LogP contribution in [0, 0.1) is 5.92 Å². The molecule has 6 rings (SSSR count). The van der Waals surface area contributed by atoms with Crippen molar-refractivity contribution in [2.75, 3.05) is 27.9 Å². The van der Waals surface area contributed by atoms with Gasteiger partial charge in [0.2, 0.25) is 5.75 Å². The predicted octanol–water partition coefficient (Wildman–Crippen LogP) is 5.73. The summed E-state index contributed by atoms with van der Waals surface area (Å²) >= 11 is 0. The van der Waals surface area contributed by atoms with Gasteiger partial charge in [-0.2, -0.15) is 0 Å². The van der Waals surface area contributed by atoms with Gasteiger partial charge in [-0.25, -0.2) is 4.79 Å². The van der Waals surface area contributed by atoms with Crippen LogP contribution >= 0.6 is 0 Å². The van der Waals surface area contributed by atoms with Crippen molar-refractivity contribution in [2.24, 2.45) is 5.92 Å². The number of carbonyl (C=O) groups is 3. The maximum atomic E-state index is 14.2. The number of nitrogens with zero attached hydrogens (tertiary/aromatic N) is 3. The van der Waals surface area contributed by atoms with E-state index in [1.54, 1.807) is 18.6 Å². The van der Waals surface area contributed by atoms with E-state index in [1.165, 1.54) is 38.4 Å². The molecule has 3 heterocycles. The molecule has 2 aliphatic rings. The molecular weight excluding hydrogens is 638 g/mol. The van der Waals surface area contributed by atoms with Crippen LogP contribution in [0.3, 0.4) is 0 Å². The van der Waals surface area contributed by atoms with Crippen LogP contribution in [0.15, 0.2) is 79.4 Å². The third kappa shape index (κ3) is 7.56. The Kier molecular flexibility index (Phi) is 10.9. The minimum Gasteiger partial charge on any atom is -0.493 e. The lowest BCUT2D eigenvalue weighted by molar-refractivity contribution is -0.163. The number of carbonyl (C=O) groups excluding carboxylic acids is 3. The SMILES string of the molecule is COc1cc(C(=O)C(=O)N2CCCC[C@H]2C(=O)O[C@H]2c3cc(OCc4ccncc4)ccc3CC[C@@H]2Cc2cccnc2)cc(OC)c1OC. The van der Waals surface area contributed by atoms with Crippen molar-refractivity contribution in [1.82, 2.24) is 14.9 Å². The van der Waals surface area contributed by atoms with Gasteiger partial charge in [0.25, 0.3) is 11.7 Å². The second-order valence-corrected chi connectivity index (χ2v) is 12.5. The van der Waals surface area contributed by atoms with E-state index in [0.717, 1.165) is 41.5 Å². The number of ketones is 1. The van der Waals surface area contributed by atoms with Crippen molar-refractivity contribution in [3.63, 3.8) is 0 Å². The maximum Gasteiger partial charge on any atom is 0.329 e. The molecule has 1 aliphatic heterocycles. The van der Waals surface area contributed by atoms with Gasteiger partial charge in [-0.3, -0.25) is 19.6 Å². The second kappa shape index (κ2) is 15.8. The number of aryl methyl sites for hydroxylation is 1. The number of hydrogen-bond acceptors (Lipinski definition) is 10. The molecule has 0 bridgehead atoms. The Hall–Kier alpha value is -5.45. The normalized spacial score (nSPS) is 18.4. The quantitative estimate of drug-likeness (QED) is 0.104. The molecule has 1 aliphatic carbocycles. The molecular formula is C39H41N3O8. The summed E-state index contributed by atoms with van der Waals surface area (Å²) in [5, 5.41) is 0. The first kappa shape index (κ1) is 34.4. The van der Waals surface area contributed by atoms with Gasteiger partial charge in [0.15, 0.2) is 11.5 Å². The number of pyridine rings is 2. The minimum atomic E-state index is -0.919. The Bertz CT molecular complexity index is 1790. The Morgan fingerprint density at radius 3 is 2.32 bits per heavy atom. The largest absolute Gasteiger partial charge is 0.493 e. The fourth-order valence-corrected chi connectivity index (χ4v) is 6.83. The minimum absolute atomic E-state index is 0.0419. The lowest BCUT2D eigenvalue weighted by Gasteiger charge is -2.38. The molecule has 1 saturated heterocycles.